The third kappa shape index (κ3) is 6.17. The smallest absolute Gasteiger partial charge is 0.278 e. The van der Waals surface area contributed by atoms with E-state index in [9.17, 15) is 9.59 Å². The Morgan fingerprint density at radius 2 is 1.53 bits per heavy atom. The molecule has 7 nitrogen and oxygen atoms in total. The lowest BCUT2D eigenvalue weighted by molar-refractivity contribution is -0.137. The maximum Gasteiger partial charge on any atom is 0.278 e. The van der Waals surface area contributed by atoms with Gasteiger partial charge in [0.2, 0.25) is 0 Å². The van der Waals surface area contributed by atoms with Crippen molar-refractivity contribution in [3.05, 3.63) is 59.8 Å². The standard InChI is InChI=1S/C27H35N3O4/c1-18(2)33-17-7-16-30-26(31)24(20-8-14-23(15-9-20)34-19(3)4)25(27(30)32)28-21-10-12-22(13-11-21)29(5)6/h8-15,18-19,28H,7,16-17H2,1-6H3. The minimum Gasteiger partial charge on any atom is -0.491 e. The van der Waals surface area contributed by atoms with Gasteiger partial charge in [0.15, 0.2) is 0 Å². The third-order valence-electron chi connectivity index (χ3n) is 5.31. The SMILES string of the molecule is CC(C)OCCCN1C(=O)C(Nc2ccc(N(C)C)cc2)=C(c2ccc(OC(C)C)cc2)C1=O. The number of ether oxygens (including phenoxy) is 2. The fourth-order valence-corrected chi connectivity index (χ4v) is 3.66. The van der Waals surface area contributed by atoms with Gasteiger partial charge in [-0.2, -0.15) is 0 Å². The van der Waals surface area contributed by atoms with E-state index in [-0.39, 0.29) is 29.7 Å². The van der Waals surface area contributed by atoms with Crippen LogP contribution in [0, 0.1) is 0 Å². The molecule has 0 unspecified atom stereocenters. The van der Waals surface area contributed by atoms with E-state index < -0.39 is 0 Å². The van der Waals surface area contributed by atoms with Gasteiger partial charge < -0.3 is 19.7 Å². The van der Waals surface area contributed by atoms with Crippen LogP contribution in [0.4, 0.5) is 11.4 Å². The maximum absolute atomic E-state index is 13.4. The first-order chi connectivity index (χ1) is 16.2. The molecule has 1 heterocycles. The summed E-state index contributed by atoms with van der Waals surface area (Å²) in [5.74, 6) is 0.0795. The molecule has 7 heteroatoms. The monoisotopic (exact) mass is 465 g/mol. The van der Waals surface area contributed by atoms with Crippen LogP contribution < -0.4 is 15.0 Å². The molecule has 0 atom stereocenters. The van der Waals surface area contributed by atoms with E-state index in [0.29, 0.717) is 36.5 Å². The van der Waals surface area contributed by atoms with Crippen LogP contribution in [0.25, 0.3) is 5.57 Å². The summed E-state index contributed by atoms with van der Waals surface area (Å²) in [5.41, 5.74) is 3.10. The van der Waals surface area contributed by atoms with E-state index >= 15 is 0 Å². The van der Waals surface area contributed by atoms with Crippen molar-refractivity contribution in [3.8, 4) is 5.75 Å². The molecule has 0 radical (unpaired) electrons. The summed E-state index contributed by atoms with van der Waals surface area (Å²) in [4.78, 5) is 30.0. The van der Waals surface area contributed by atoms with Crippen LogP contribution in [0.5, 0.6) is 5.75 Å². The van der Waals surface area contributed by atoms with Crippen molar-refractivity contribution >= 4 is 28.8 Å². The van der Waals surface area contributed by atoms with E-state index in [1.807, 2.05) is 95.2 Å². The van der Waals surface area contributed by atoms with Crippen LogP contribution >= 0.6 is 0 Å². The van der Waals surface area contributed by atoms with Crippen molar-refractivity contribution < 1.29 is 19.1 Å². The second-order valence-electron chi connectivity index (χ2n) is 9.04. The molecule has 1 N–H and O–H groups in total. The summed E-state index contributed by atoms with van der Waals surface area (Å²) in [7, 11) is 3.94. The highest BCUT2D eigenvalue weighted by atomic mass is 16.5. The highest BCUT2D eigenvalue weighted by Crippen LogP contribution is 2.32. The van der Waals surface area contributed by atoms with Gasteiger partial charge >= 0.3 is 0 Å². The van der Waals surface area contributed by atoms with E-state index in [2.05, 4.69) is 5.32 Å². The summed E-state index contributed by atoms with van der Waals surface area (Å²) < 4.78 is 11.3. The topological polar surface area (TPSA) is 71.1 Å². The molecular formula is C27H35N3O4. The van der Waals surface area contributed by atoms with Gasteiger partial charge in [-0.1, -0.05) is 12.1 Å². The van der Waals surface area contributed by atoms with Gasteiger partial charge in [-0.25, -0.2) is 0 Å². The van der Waals surface area contributed by atoms with Gasteiger partial charge in [0.05, 0.1) is 17.8 Å². The molecule has 0 saturated carbocycles. The Balaban J connectivity index is 1.89. The first-order valence-corrected chi connectivity index (χ1v) is 11.7. The zero-order valence-electron chi connectivity index (χ0n) is 20.9. The van der Waals surface area contributed by atoms with Crippen molar-refractivity contribution in [2.24, 2.45) is 0 Å². The number of nitrogens with zero attached hydrogens (tertiary/aromatic N) is 2. The first-order valence-electron chi connectivity index (χ1n) is 11.7. The van der Waals surface area contributed by atoms with Gasteiger partial charge in [-0.3, -0.25) is 14.5 Å². The molecule has 0 spiro atoms. The number of rotatable bonds is 11. The van der Waals surface area contributed by atoms with Crippen LogP contribution in [0.1, 0.15) is 39.7 Å². The molecule has 1 aliphatic rings. The second kappa shape index (κ2) is 11.2. The number of imide groups is 1. The molecular weight excluding hydrogens is 430 g/mol. The second-order valence-corrected chi connectivity index (χ2v) is 9.04. The molecule has 0 fully saturated rings. The predicted octanol–water partition coefficient (Wildman–Crippen LogP) is 4.55. The van der Waals surface area contributed by atoms with E-state index in [1.165, 1.54) is 4.90 Å². The number of amides is 2. The van der Waals surface area contributed by atoms with Gasteiger partial charge in [0, 0.05) is 38.6 Å². The van der Waals surface area contributed by atoms with E-state index in [4.69, 9.17) is 9.47 Å². The minimum atomic E-state index is -0.330. The molecule has 0 aliphatic carbocycles. The Hall–Kier alpha value is -3.32. The number of carbonyl (C=O) groups excluding carboxylic acids is 2. The lowest BCUT2D eigenvalue weighted by Crippen LogP contribution is -2.34. The number of hydrogen-bond acceptors (Lipinski definition) is 6. The normalized spacial score (nSPS) is 13.9. The van der Waals surface area contributed by atoms with Gasteiger partial charge in [-0.05, 0) is 76.1 Å². The third-order valence-corrected chi connectivity index (χ3v) is 5.31. The maximum atomic E-state index is 13.4. The molecule has 34 heavy (non-hydrogen) atoms. The van der Waals surface area contributed by atoms with Crippen LogP contribution in [0.2, 0.25) is 0 Å². The van der Waals surface area contributed by atoms with E-state index in [1.54, 1.807) is 0 Å². The van der Waals surface area contributed by atoms with Crippen LogP contribution in [0.3, 0.4) is 0 Å². The highest BCUT2D eigenvalue weighted by molar-refractivity contribution is 6.36. The average molecular weight is 466 g/mol. The summed E-state index contributed by atoms with van der Waals surface area (Å²) in [6.07, 6.45) is 0.729. The van der Waals surface area contributed by atoms with Gasteiger partial charge in [0.1, 0.15) is 11.4 Å². The molecule has 2 aromatic rings. The number of nitrogens with one attached hydrogen (secondary N) is 1. The van der Waals surface area contributed by atoms with Crippen molar-refractivity contribution in [1.29, 1.82) is 0 Å². The zero-order valence-corrected chi connectivity index (χ0v) is 20.9. The number of carbonyl (C=O) groups is 2. The fraction of sp³-hybridized carbons (Fsp3) is 0.407. The summed E-state index contributed by atoms with van der Waals surface area (Å²) in [6.45, 7) is 8.62. The quantitative estimate of drug-likeness (QED) is 0.388. The Morgan fingerprint density at radius 1 is 0.882 bits per heavy atom. The van der Waals surface area contributed by atoms with Crippen molar-refractivity contribution in [1.82, 2.24) is 4.90 Å². The molecule has 2 aromatic carbocycles. The summed E-state index contributed by atoms with van der Waals surface area (Å²) in [5, 5.41) is 3.21. The van der Waals surface area contributed by atoms with Crippen molar-refractivity contribution in [3.63, 3.8) is 0 Å². The largest absolute Gasteiger partial charge is 0.491 e. The summed E-state index contributed by atoms with van der Waals surface area (Å²) >= 11 is 0. The molecule has 1 aliphatic heterocycles. The Kier molecular flexibility index (Phi) is 8.34. The molecule has 0 saturated heterocycles. The van der Waals surface area contributed by atoms with Crippen LogP contribution in [0.15, 0.2) is 54.2 Å². The molecule has 182 valence electrons. The zero-order chi connectivity index (χ0) is 24.8. The number of benzene rings is 2. The molecule has 2 amide bonds. The molecule has 0 aromatic heterocycles. The minimum absolute atomic E-state index is 0.0469. The van der Waals surface area contributed by atoms with Gasteiger partial charge in [-0.15, -0.1) is 0 Å². The Morgan fingerprint density at radius 3 is 2.09 bits per heavy atom. The molecule has 0 bridgehead atoms. The van der Waals surface area contributed by atoms with Crippen molar-refractivity contribution in [2.45, 2.75) is 46.3 Å². The Bertz CT molecular complexity index is 1020. The average Bonchev–Trinajstić information content (AvgIpc) is 3.01. The number of anilines is 2. The van der Waals surface area contributed by atoms with Gasteiger partial charge in [0.25, 0.3) is 11.8 Å². The fourth-order valence-electron chi connectivity index (χ4n) is 3.66. The first kappa shape index (κ1) is 25.3. The highest BCUT2D eigenvalue weighted by Gasteiger charge is 2.38. The van der Waals surface area contributed by atoms with Crippen LogP contribution in [-0.2, 0) is 14.3 Å². The predicted molar refractivity (Wildman–Crippen MR) is 136 cm³/mol. The Labute approximate surface area is 202 Å². The lowest BCUT2D eigenvalue weighted by atomic mass is 10.0. The van der Waals surface area contributed by atoms with Crippen molar-refractivity contribution in [2.75, 3.05) is 37.5 Å². The molecule has 3 rings (SSSR count). The number of hydrogen-bond donors (Lipinski definition) is 1. The van der Waals surface area contributed by atoms with E-state index in [0.717, 1.165) is 11.4 Å². The lowest BCUT2D eigenvalue weighted by Gasteiger charge is -2.16. The summed E-state index contributed by atoms with van der Waals surface area (Å²) in [6, 6.07) is 15.0. The van der Waals surface area contributed by atoms with Crippen LogP contribution in [-0.4, -0.2) is 56.2 Å².